The van der Waals surface area contributed by atoms with Crippen molar-refractivity contribution in [2.24, 2.45) is 5.92 Å². The summed E-state index contributed by atoms with van der Waals surface area (Å²) >= 11 is 0. The van der Waals surface area contributed by atoms with Crippen LogP contribution in [0.1, 0.15) is 47.7 Å². The number of halogens is 2. The first-order chi connectivity index (χ1) is 12.6. The van der Waals surface area contributed by atoms with Gasteiger partial charge in [0.2, 0.25) is 0 Å². The average molecular weight is 357 g/mol. The van der Waals surface area contributed by atoms with Crippen LogP contribution in [0, 0.1) is 17.6 Å². The van der Waals surface area contributed by atoms with Crippen LogP contribution in [0.3, 0.4) is 0 Å². The van der Waals surface area contributed by atoms with Crippen LogP contribution in [0.25, 0.3) is 0 Å². The molecule has 26 heavy (non-hydrogen) atoms. The molecule has 1 saturated heterocycles. The molecule has 0 unspecified atom stereocenters. The summed E-state index contributed by atoms with van der Waals surface area (Å²) in [5.41, 5.74) is 1.24. The van der Waals surface area contributed by atoms with Gasteiger partial charge in [-0.1, -0.05) is 30.7 Å². The van der Waals surface area contributed by atoms with E-state index in [1.165, 1.54) is 6.07 Å². The van der Waals surface area contributed by atoms with Gasteiger partial charge in [-0.15, -0.1) is 0 Å². The molecule has 2 fully saturated rings. The van der Waals surface area contributed by atoms with E-state index in [1.54, 1.807) is 18.2 Å². The quantitative estimate of drug-likeness (QED) is 0.885. The highest BCUT2D eigenvalue weighted by Crippen LogP contribution is 2.42. The molecule has 5 heteroatoms. The molecule has 2 aromatic carbocycles. The van der Waals surface area contributed by atoms with Crippen LogP contribution < -0.4 is 5.32 Å². The summed E-state index contributed by atoms with van der Waals surface area (Å²) in [5.74, 6) is -1.57. The molecule has 4 rings (SSSR count). The zero-order valence-electron chi connectivity index (χ0n) is 14.3. The second-order valence-corrected chi connectivity index (χ2v) is 7.11. The van der Waals surface area contributed by atoms with E-state index in [-0.39, 0.29) is 30.1 Å². The minimum Gasteiger partial charge on any atom is -0.370 e. The van der Waals surface area contributed by atoms with E-state index in [1.807, 2.05) is 18.2 Å². The molecule has 1 heterocycles. The Bertz CT molecular complexity index is 796. The van der Waals surface area contributed by atoms with Crippen LogP contribution in [-0.4, -0.2) is 18.1 Å². The molecule has 0 radical (unpaired) electrons. The second-order valence-electron chi connectivity index (χ2n) is 7.11. The number of hydrogen-bond donors (Lipinski definition) is 1. The van der Waals surface area contributed by atoms with Gasteiger partial charge in [0.25, 0.3) is 5.91 Å². The fourth-order valence-electron chi connectivity index (χ4n) is 4.19. The molecule has 2 aromatic rings. The minimum absolute atomic E-state index is 0.0397. The monoisotopic (exact) mass is 357 g/mol. The molecule has 1 saturated carbocycles. The van der Waals surface area contributed by atoms with Crippen LogP contribution in [0.5, 0.6) is 0 Å². The molecule has 4 atom stereocenters. The first-order valence-electron chi connectivity index (χ1n) is 9.08. The maximum Gasteiger partial charge on any atom is 0.251 e. The van der Waals surface area contributed by atoms with Crippen molar-refractivity contribution >= 4 is 5.91 Å². The molecule has 1 amide bonds. The summed E-state index contributed by atoms with van der Waals surface area (Å²) in [6.07, 6.45) is 3.26. The Morgan fingerprint density at radius 2 is 1.85 bits per heavy atom. The number of carbonyl (C=O) groups is 1. The zero-order chi connectivity index (χ0) is 18.1. The van der Waals surface area contributed by atoms with Crippen LogP contribution in [-0.2, 0) is 4.74 Å². The Kier molecular flexibility index (Phi) is 4.72. The van der Waals surface area contributed by atoms with Crippen LogP contribution in [0.15, 0.2) is 48.5 Å². The van der Waals surface area contributed by atoms with Crippen molar-refractivity contribution in [3.8, 4) is 0 Å². The number of rotatable bonds is 3. The van der Waals surface area contributed by atoms with Crippen molar-refractivity contribution in [2.75, 3.05) is 0 Å². The molecule has 1 aliphatic carbocycles. The molecular formula is C21H21F2NO2. The zero-order valence-corrected chi connectivity index (χ0v) is 14.3. The average Bonchev–Trinajstić information content (AvgIpc) is 3.13. The Hall–Kier alpha value is -2.27. The van der Waals surface area contributed by atoms with Crippen molar-refractivity contribution in [1.82, 2.24) is 5.32 Å². The molecular weight excluding hydrogens is 336 g/mol. The van der Waals surface area contributed by atoms with Gasteiger partial charge < -0.3 is 10.1 Å². The number of amides is 1. The van der Waals surface area contributed by atoms with Gasteiger partial charge in [-0.3, -0.25) is 4.79 Å². The molecule has 2 aliphatic rings. The van der Waals surface area contributed by atoms with Gasteiger partial charge in [0, 0.05) is 17.5 Å². The number of fused-ring (bicyclic) bond motifs is 1. The number of nitrogens with one attached hydrogen (secondary N) is 1. The van der Waals surface area contributed by atoms with Gasteiger partial charge in [0.05, 0.1) is 12.2 Å². The second kappa shape index (κ2) is 7.16. The normalized spacial score (nSPS) is 27.8. The molecule has 1 N–H and O–H groups in total. The number of carbonyl (C=O) groups excluding carboxylic acids is 1. The van der Waals surface area contributed by atoms with E-state index in [0.717, 1.165) is 25.3 Å². The third-order valence-electron chi connectivity index (χ3n) is 5.50. The fourth-order valence-corrected chi connectivity index (χ4v) is 4.19. The van der Waals surface area contributed by atoms with Gasteiger partial charge in [-0.2, -0.15) is 0 Å². The number of ether oxygens (including phenoxy) is 1. The molecule has 3 nitrogen and oxygen atoms in total. The first-order valence-corrected chi connectivity index (χ1v) is 9.08. The van der Waals surface area contributed by atoms with Crippen molar-refractivity contribution in [2.45, 2.75) is 43.9 Å². The lowest BCUT2D eigenvalue weighted by atomic mass is 9.86. The van der Waals surface area contributed by atoms with E-state index in [9.17, 15) is 13.6 Å². The van der Waals surface area contributed by atoms with Gasteiger partial charge in [0.1, 0.15) is 0 Å². The van der Waals surface area contributed by atoms with Gasteiger partial charge >= 0.3 is 0 Å². The van der Waals surface area contributed by atoms with Gasteiger partial charge in [-0.05, 0) is 49.1 Å². The summed E-state index contributed by atoms with van der Waals surface area (Å²) < 4.78 is 33.0. The van der Waals surface area contributed by atoms with Crippen molar-refractivity contribution < 1.29 is 18.3 Å². The summed E-state index contributed by atoms with van der Waals surface area (Å²) in [7, 11) is 0. The maximum absolute atomic E-state index is 13.6. The van der Waals surface area contributed by atoms with E-state index in [2.05, 4.69) is 5.32 Å². The highest BCUT2D eigenvalue weighted by molar-refractivity contribution is 5.94. The van der Waals surface area contributed by atoms with E-state index >= 15 is 0 Å². The Labute approximate surface area is 151 Å². The smallest absolute Gasteiger partial charge is 0.251 e. The lowest BCUT2D eigenvalue weighted by Gasteiger charge is -2.39. The number of benzene rings is 2. The van der Waals surface area contributed by atoms with Gasteiger partial charge in [-0.25, -0.2) is 8.78 Å². The predicted octanol–water partition coefficient (Wildman–Crippen LogP) is 4.39. The van der Waals surface area contributed by atoms with E-state index in [4.69, 9.17) is 4.74 Å². The molecule has 136 valence electrons. The van der Waals surface area contributed by atoms with Crippen molar-refractivity contribution in [1.29, 1.82) is 0 Å². The molecule has 0 spiro atoms. The largest absolute Gasteiger partial charge is 0.370 e. The molecule has 1 aliphatic heterocycles. The predicted molar refractivity (Wildman–Crippen MR) is 93.6 cm³/mol. The lowest BCUT2D eigenvalue weighted by Crippen LogP contribution is -2.48. The highest BCUT2D eigenvalue weighted by Gasteiger charge is 2.42. The van der Waals surface area contributed by atoms with E-state index in [0.29, 0.717) is 17.5 Å². The lowest BCUT2D eigenvalue weighted by molar-refractivity contribution is -0.0847. The third kappa shape index (κ3) is 3.36. The fraction of sp³-hybridized carbons (Fsp3) is 0.381. The minimum atomic E-state index is -0.871. The highest BCUT2D eigenvalue weighted by atomic mass is 19.2. The summed E-state index contributed by atoms with van der Waals surface area (Å²) in [6, 6.07) is 13.0. The van der Waals surface area contributed by atoms with Crippen LogP contribution in [0.4, 0.5) is 8.78 Å². The van der Waals surface area contributed by atoms with Crippen molar-refractivity contribution in [3.05, 3.63) is 71.3 Å². The standard InChI is InChI=1S/C21H21F2NO2/c22-16-10-9-14(11-17(16)23)20-12-18(15-7-4-8-19(15)26-20)24-21(25)13-5-2-1-3-6-13/h1-3,5-6,9-11,15,18-20H,4,7-8,12H2,(H,24,25)/t15-,18+,19+,20+/m0/s1. The first kappa shape index (κ1) is 17.2. The van der Waals surface area contributed by atoms with Gasteiger partial charge in [0.15, 0.2) is 11.6 Å². The van der Waals surface area contributed by atoms with Crippen LogP contribution >= 0.6 is 0 Å². The summed E-state index contributed by atoms with van der Waals surface area (Å²) in [6.45, 7) is 0. The number of hydrogen-bond acceptors (Lipinski definition) is 2. The SMILES string of the molecule is O=C(N[C@@H]1C[C@H](c2ccc(F)c(F)c2)O[C@@H]2CCC[C@@H]12)c1ccccc1. The molecule has 0 bridgehead atoms. The molecule has 0 aromatic heterocycles. The summed E-state index contributed by atoms with van der Waals surface area (Å²) in [5, 5.41) is 3.15. The summed E-state index contributed by atoms with van der Waals surface area (Å²) in [4.78, 5) is 12.6. The Balaban J connectivity index is 1.54. The van der Waals surface area contributed by atoms with Crippen LogP contribution in [0.2, 0.25) is 0 Å². The maximum atomic E-state index is 13.6. The third-order valence-corrected chi connectivity index (χ3v) is 5.50. The Morgan fingerprint density at radius 1 is 1.04 bits per heavy atom. The topological polar surface area (TPSA) is 38.3 Å². The van der Waals surface area contributed by atoms with E-state index < -0.39 is 11.6 Å². The Morgan fingerprint density at radius 3 is 2.62 bits per heavy atom. The van der Waals surface area contributed by atoms with Crippen molar-refractivity contribution in [3.63, 3.8) is 0 Å².